The third-order valence-electron chi connectivity index (χ3n) is 4.43. The first-order valence-corrected chi connectivity index (χ1v) is 9.72. The summed E-state index contributed by atoms with van der Waals surface area (Å²) in [5, 5.41) is 4.97. The van der Waals surface area contributed by atoms with E-state index in [2.05, 4.69) is 20.5 Å². The predicted molar refractivity (Wildman–Crippen MR) is 122 cm³/mol. The Hall–Kier alpha value is -3.70. The zero-order valence-electron chi connectivity index (χ0n) is 16.3. The Balaban J connectivity index is 1.64. The van der Waals surface area contributed by atoms with Gasteiger partial charge in [-0.15, -0.1) is 0 Å². The van der Waals surface area contributed by atoms with E-state index in [1.54, 1.807) is 13.3 Å². The highest BCUT2D eigenvalue weighted by molar-refractivity contribution is 6.30. The number of nitrogens with zero attached hydrogens (tertiary/aromatic N) is 3. The molecule has 4 aromatic rings. The average molecular weight is 415 g/mol. The summed E-state index contributed by atoms with van der Waals surface area (Å²) in [6.07, 6.45) is 1.71. The molecular weight excluding hydrogens is 396 g/mol. The number of methoxy groups -OCH3 is 1. The molecule has 0 radical (unpaired) electrons. The lowest BCUT2D eigenvalue weighted by atomic mass is 10.1. The number of hydrogen-bond donors (Lipinski definition) is 1. The van der Waals surface area contributed by atoms with Gasteiger partial charge in [0, 0.05) is 16.1 Å². The van der Waals surface area contributed by atoms with Gasteiger partial charge in [-0.05, 0) is 48.0 Å². The standard InChI is InChI=1S/C24H19ClN4O/c1-30-21-13-7-17(8-14-21)16-26-29-24-27-22(18-5-3-2-4-6-18)15-23(28-24)19-9-11-20(25)12-10-19/h2-16H,1H3,(H,27,28,29)/b26-16+. The first kappa shape index (κ1) is 19.6. The zero-order chi connectivity index (χ0) is 20.8. The van der Waals surface area contributed by atoms with Crippen LogP contribution in [0.1, 0.15) is 5.56 Å². The van der Waals surface area contributed by atoms with Crippen LogP contribution in [0.3, 0.4) is 0 Å². The summed E-state index contributed by atoms with van der Waals surface area (Å²) in [5.74, 6) is 1.21. The Labute approximate surface area is 180 Å². The Morgan fingerprint density at radius 3 is 2.10 bits per heavy atom. The number of aromatic nitrogens is 2. The first-order chi connectivity index (χ1) is 14.7. The lowest BCUT2D eigenvalue weighted by molar-refractivity contribution is 0.415. The van der Waals surface area contributed by atoms with Gasteiger partial charge in [-0.3, -0.25) is 0 Å². The second-order valence-corrected chi connectivity index (χ2v) is 6.91. The van der Waals surface area contributed by atoms with Crippen LogP contribution in [-0.2, 0) is 0 Å². The molecule has 0 aliphatic heterocycles. The van der Waals surface area contributed by atoms with Gasteiger partial charge in [-0.1, -0.05) is 54.1 Å². The summed E-state index contributed by atoms with van der Waals surface area (Å²) < 4.78 is 5.17. The summed E-state index contributed by atoms with van der Waals surface area (Å²) in [6.45, 7) is 0. The highest BCUT2D eigenvalue weighted by Gasteiger charge is 2.08. The van der Waals surface area contributed by atoms with Crippen molar-refractivity contribution < 1.29 is 4.74 Å². The molecule has 0 saturated heterocycles. The number of nitrogens with one attached hydrogen (secondary N) is 1. The Kier molecular flexibility index (Phi) is 6.01. The fourth-order valence-corrected chi connectivity index (χ4v) is 3.00. The Bertz CT molecular complexity index is 1140. The molecule has 0 unspecified atom stereocenters. The Morgan fingerprint density at radius 2 is 1.47 bits per heavy atom. The van der Waals surface area contributed by atoms with Gasteiger partial charge in [0.05, 0.1) is 24.7 Å². The monoisotopic (exact) mass is 414 g/mol. The fraction of sp³-hybridized carbons (Fsp3) is 0.0417. The summed E-state index contributed by atoms with van der Waals surface area (Å²) in [5.41, 5.74) is 7.40. The van der Waals surface area contributed by atoms with Gasteiger partial charge in [0.25, 0.3) is 0 Å². The van der Waals surface area contributed by atoms with Crippen molar-refractivity contribution in [3.05, 3.63) is 95.5 Å². The second-order valence-electron chi connectivity index (χ2n) is 6.48. The van der Waals surface area contributed by atoms with Crippen molar-refractivity contribution in [1.29, 1.82) is 0 Å². The van der Waals surface area contributed by atoms with Crippen molar-refractivity contribution >= 4 is 23.8 Å². The number of rotatable bonds is 6. The van der Waals surface area contributed by atoms with Crippen LogP contribution in [0.2, 0.25) is 5.02 Å². The predicted octanol–water partition coefficient (Wildman–Crippen LogP) is 5.92. The maximum absolute atomic E-state index is 6.03. The molecule has 0 bridgehead atoms. The molecule has 5 nitrogen and oxygen atoms in total. The lowest BCUT2D eigenvalue weighted by Gasteiger charge is -2.08. The average Bonchev–Trinajstić information content (AvgIpc) is 2.80. The maximum Gasteiger partial charge on any atom is 0.244 e. The van der Waals surface area contributed by atoms with E-state index >= 15 is 0 Å². The molecular formula is C24H19ClN4O. The molecule has 0 aliphatic rings. The zero-order valence-corrected chi connectivity index (χ0v) is 17.0. The van der Waals surface area contributed by atoms with E-state index < -0.39 is 0 Å². The molecule has 1 heterocycles. The summed E-state index contributed by atoms with van der Waals surface area (Å²) in [6, 6.07) is 27.1. The second kappa shape index (κ2) is 9.20. The van der Waals surface area contributed by atoms with Gasteiger partial charge in [0.2, 0.25) is 5.95 Å². The SMILES string of the molecule is COc1ccc(/C=N/Nc2nc(-c3ccccc3)cc(-c3ccc(Cl)cc3)n2)cc1. The van der Waals surface area contributed by atoms with Crippen molar-refractivity contribution in [2.24, 2.45) is 5.10 Å². The normalized spacial score (nSPS) is 10.9. The minimum atomic E-state index is 0.408. The van der Waals surface area contributed by atoms with Crippen LogP contribution in [0, 0.1) is 0 Å². The van der Waals surface area contributed by atoms with Crippen molar-refractivity contribution in [3.63, 3.8) is 0 Å². The van der Waals surface area contributed by atoms with Gasteiger partial charge in [-0.25, -0.2) is 15.4 Å². The van der Waals surface area contributed by atoms with Crippen LogP contribution < -0.4 is 10.2 Å². The van der Waals surface area contributed by atoms with E-state index in [-0.39, 0.29) is 0 Å². The quantitative estimate of drug-likeness (QED) is 0.314. The van der Waals surface area contributed by atoms with Gasteiger partial charge < -0.3 is 4.74 Å². The molecule has 0 atom stereocenters. The molecule has 1 N–H and O–H groups in total. The highest BCUT2D eigenvalue weighted by Crippen LogP contribution is 2.26. The van der Waals surface area contributed by atoms with E-state index in [4.69, 9.17) is 16.3 Å². The van der Waals surface area contributed by atoms with E-state index in [1.165, 1.54) is 0 Å². The molecule has 0 aliphatic carbocycles. The van der Waals surface area contributed by atoms with Crippen LogP contribution >= 0.6 is 11.6 Å². The third-order valence-corrected chi connectivity index (χ3v) is 4.68. The molecule has 6 heteroatoms. The third kappa shape index (κ3) is 4.82. The smallest absolute Gasteiger partial charge is 0.244 e. The largest absolute Gasteiger partial charge is 0.497 e. The molecule has 0 fully saturated rings. The van der Waals surface area contributed by atoms with Crippen molar-refractivity contribution in [1.82, 2.24) is 9.97 Å². The van der Waals surface area contributed by atoms with E-state index in [9.17, 15) is 0 Å². The number of benzene rings is 3. The van der Waals surface area contributed by atoms with Gasteiger partial charge in [-0.2, -0.15) is 5.10 Å². The van der Waals surface area contributed by atoms with Gasteiger partial charge in [0.1, 0.15) is 5.75 Å². The molecule has 30 heavy (non-hydrogen) atoms. The van der Waals surface area contributed by atoms with Crippen LogP contribution in [0.25, 0.3) is 22.5 Å². The topological polar surface area (TPSA) is 59.4 Å². The molecule has 0 saturated carbocycles. The van der Waals surface area contributed by atoms with Crippen molar-refractivity contribution in [2.45, 2.75) is 0 Å². The molecule has 3 aromatic carbocycles. The molecule has 1 aromatic heterocycles. The summed E-state index contributed by atoms with van der Waals surface area (Å²) in [4.78, 5) is 9.24. The maximum atomic E-state index is 6.03. The molecule has 4 rings (SSSR count). The Morgan fingerprint density at radius 1 is 0.833 bits per heavy atom. The lowest BCUT2D eigenvalue weighted by Crippen LogP contribution is -2.00. The van der Waals surface area contributed by atoms with Crippen LogP contribution in [0.15, 0.2) is 90.0 Å². The number of anilines is 1. The number of ether oxygens (including phenoxy) is 1. The number of hydrazone groups is 1. The van der Waals surface area contributed by atoms with Crippen molar-refractivity contribution in [3.8, 4) is 28.3 Å². The van der Waals surface area contributed by atoms with E-state index in [0.717, 1.165) is 33.8 Å². The minimum Gasteiger partial charge on any atom is -0.497 e. The molecule has 0 spiro atoms. The van der Waals surface area contributed by atoms with Crippen LogP contribution in [0.4, 0.5) is 5.95 Å². The first-order valence-electron chi connectivity index (χ1n) is 9.35. The highest BCUT2D eigenvalue weighted by atomic mass is 35.5. The fourth-order valence-electron chi connectivity index (χ4n) is 2.88. The van der Waals surface area contributed by atoms with Crippen LogP contribution in [-0.4, -0.2) is 23.3 Å². The van der Waals surface area contributed by atoms with Gasteiger partial charge >= 0.3 is 0 Å². The van der Waals surface area contributed by atoms with Gasteiger partial charge in [0.15, 0.2) is 0 Å². The molecule has 148 valence electrons. The number of halogens is 1. The van der Waals surface area contributed by atoms with Crippen molar-refractivity contribution in [2.75, 3.05) is 12.5 Å². The minimum absolute atomic E-state index is 0.408. The van der Waals surface area contributed by atoms with E-state index in [1.807, 2.05) is 84.9 Å². The summed E-state index contributed by atoms with van der Waals surface area (Å²) >= 11 is 6.03. The van der Waals surface area contributed by atoms with Crippen LogP contribution in [0.5, 0.6) is 5.75 Å². The molecule has 0 amide bonds. The van der Waals surface area contributed by atoms with E-state index in [0.29, 0.717) is 11.0 Å². The number of hydrogen-bond acceptors (Lipinski definition) is 5. The summed E-state index contributed by atoms with van der Waals surface area (Å²) in [7, 11) is 1.64.